The summed E-state index contributed by atoms with van der Waals surface area (Å²) in [6.45, 7) is 0. The number of hydrogen-bond donors (Lipinski definition) is 2. The van der Waals surface area contributed by atoms with Crippen LogP contribution in [0.15, 0.2) is 47.4 Å². The molecule has 1 amide bonds. The van der Waals surface area contributed by atoms with E-state index in [4.69, 9.17) is 16.3 Å². The zero-order chi connectivity index (χ0) is 19.1. The van der Waals surface area contributed by atoms with E-state index in [2.05, 4.69) is 5.32 Å². The lowest BCUT2D eigenvalue weighted by atomic mass is 10.0. The summed E-state index contributed by atoms with van der Waals surface area (Å²) in [6.07, 6.45) is 1.81. The summed E-state index contributed by atoms with van der Waals surface area (Å²) in [7, 11) is 1.52. The molecule has 0 heterocycles. The molecule has 0 aliphatic carbocycles. The minimum absolute atomic E-state index is 0.0444. The highest BCUT2D eigenvalue weighted by Gasteiger charge is 2.19. The van der Waals surface area contributed by atoms with Gasteiger partial charge in [-0.2, -0.15) is 0 Å². The average molecular weight is 394 g/mol. The molecule has 2 rings (SSSR count). The minimum atomic E-state index is -0.982. The Hall–Kier alpha value is -2.18. The predicted molar refractivity (Wildman–Crippen MR) is 103 cm³/mol. The highest BCUT2D eigenvalue weighted by molar-refractivity contribution is 7.98. The molecule has 0 bridgehead atoms. The van der Waals surface area contributed by atoms with Crippen molar-refractivity contribution in [1.29, 1.82) is 0 Å². The average Bonchev–Trinajstić information content (AvgIpc) is 2.61. The van der Waals surface area contributed by atoms with Gasteiger partial charge in [0.25, 0.3) is 0 Å². The number of carboxylic acid groups (broad SMARTS) is 1. The van der Waals surface area contributed by atoms with Crippen molar-refractivity contribution in [1.82, 2.24) is 5.32 Å². The highest BCUT2D eigenvalue weighted by Crippen LogP contribution is 2.24. The maximum absolute atomic E-state index is 12.5. The fraction of sp³-hybridized carbons (Fsp3) is 0.263. The Balaban J connectivity index is 2.15. The van der Waals surface area contributed by atoms with E-state index >= 15 is 0 Å². The molecular weight excluding hydrogens is 374 g/mol. The molecule has 0 saturated heterocycles. The molecular formula is C19H20ClNO4S. The van der Waals surface area contributed by atoms with Crippen LogP contribution >= 0.6 is 23.4 Å². The molecule has 0 spiro atoms. The number of halogens is 1. The second-order valence-electron chi connectivity index (χ2n) is 5.62. The lowest BCUT2D eigenvalue weighted by Gasteiger charge is -2.18. The fourth-order valence-electron chi connectivity index (χ4n) is 2.57. The first-order chi connectivity index (χ1) is 12.4. The van der Waals surface area contributed by atoms with Gasteiger partial charge in [0.1, 0.15) is 5.75 Å². The number of methoxy groups -OCH3 is 1. The Morgan fingerprint density at radius 1 is 1.23 bits per heavy atom. The number of aliphatic carboxylic acids is 1. The molecule has 5 nitrogen and oxygen atoms in total. The molecule has 2 aromatic carbocycles. The minimum Gasteiger partial charge on any atom is -0.496 e. The first-order valence-electron chi connectivity index (χ1n) is 7.90. The maximum atomic E-state index is 12.5. The first kappa shape index (κ1) is 20.1. The third-order valence-electron chi connectivity index (χ3n) is 3.83. The zero-order valence-corrected chi connectivity index (χ0v) is 16.1. The van der Waals surface area contributed by atoms with Crippen LogP contribution < -0.4 is 10.1 Å². The SMILES string of the molecule is COc1ccc(Cl)cc1CC(=O)NC(CC(=O)O)c1ccc(SC)cc1. The molecule has 2 aromatic rings. The summed E-state index contributed by atoms with van der Waals surface area (Å²) >= 11 is 7.58. The second-order valence-corrected chi connectivity index (χ2v) is 6.94. The van der Waals surface area contributed by atoms with E-state index in [1.807, 2.05) is 30.5 Å². The molecule has 0 aromatic heterocycles. The molecule has 0 fully saturated rings. The number of nitrogens with one attached hydrogen (secondary N) is 1. The standard InChI is InChI=1S/C19H20ClNO4S/c1-25-17-8-5-14(20)9-13(17)10-18(22)21-16(11-19(23)24)12-3-6-15(26-2)7-4-12/h3-9,16H,10-11H2,1-2H3,(H,21,22)(H,23,24). The summed E-state index contributed by atoms with van der Waals surface area (Å²) in [5.74, 6) is -0.723. The lowest BCUT2D eigenvalue weighted by molar-refractivity contribution is -0.137. The van der Waals surface area contributed by atoms with Crippen molar-refractivity contribution >= 4 is 35.2 Å². The molecule has 1 unspecified atom stereocenters. The van der Waals surface area contributed by atoms with Crippen molar-refractivity contribution in [2.45, 2.75) is 23.8 Å². The number of thioether (sulfide) groups is 1. The Bertz CT molecular complexity index is 780. The Morgan fingerprint density at radius 3 is 2.50 bits per heavy atom. The van der Waals surface area contributed by atoms with Gasteiger partial charge in [-0.05, 0) is 42.2 Å². The van der Waals surface area contributed by atoms with Crippen molar-refractivity contribution in [2.24, 2.45) is 0 Å². The molecule has 0 saturated carbocycles. The van der Waals surface area contributed by atoms with Crippen LogP contribution in [0.25, 0.3) is 0 Å². The largest absolute Gasteiger partial charge is 0.496 e. The predicted octanol–water partition coefficient (Wildman–Crippen LogP) is 3.95. The Morgan fingerprint density at radius 2 is 1.92 bits per heavy atom. The van der Waals surface area contributed by atoms with E-state index in [1.54, 1.807) is 30.0 Å². The van der Waals surface area contributed by atoms with E-state index in [1.165, 1.54) is 7.11 Å². The van der Waals surface area contributed by atoms with Gasteiger partial charge in [-0.3, -0.25) is 9.59 Å². The summed E-state index contributed by atoms with van der Waals surface area (Å²) in [4.78, 5) is 24.7. The van der Waals surface area contributed by atoms with Crippen LogP contribution in [0, 0.1) is 0 Å². The quantitative estimate of drug-likeness (QED) is 0.664. The summed E-state index contributed by atoms with van der Waals surface area (Å²) in [5, 5.41) is 12.5. The van der Waals surface area contributed by atoms with E-state index in [0.717, 1.165) is 10.5 Å². The molecule has 0 aliphatic rings. The number of carbonyl (C=O) groups is 2. The molecule has 138 valence electrons. The van der Waals surface area contributed by atoms with Crippen molar-refractivity contribution in [3.63, 3.8) is 0 Å². The smallest absolute Gasteiger partial charge is 0.305 e. The topological polar surface area (TPSA) is 75.6 Å². The highest BCUT2D eigenvalue weighted by atomic mass is 35.5. The summed E-state index contributed by atoms with van der Waals surface area (Å²) in [6, 6.07) is 11.9. The Kier molecular flexibility index (Phi) is 7.36. The van der Waals surface area contributed by atoms with Gasteiger partial charge in [-0.15, -0.1) is 11.8 Å². The van der Waals surface area contributed by atoms with Crippen LogP contribution in [0.2, 0.25) is 5.02 Å². The number of ether oxygens (including phenoxy) is 1. The van der Waals surface area contributed by atoms with Gasteiger partial charge in [-0.25, -0.2) is 0 Å². The van der Waals surface area contributed by atoms with Gasteiger partial charge in [-0.1, -0.05) is 23.7 Å². The van der Waals surface area contributed by atoms with E-state index in [9.17, 15) is 14.7 Å². The summed E-state index contributed by atoms with van der Waals surface area (Å²) in [5.41, 5.74) is 1.39. The van der Waals surface area contributed by atoms with Crippen LogP contribution in [0.3, 0.4) is 0 Å². The van der Waals surface area contributed by atoms with Crippen molar-refractivity contribution in [3.05, 3.63) is 58.6 Å². The molecule has 2 N–H and O–H groups in total. The number of hydrogen-bond acceptors (Lipinski definition) is 4. The third kappa shape index (κ3) is 5.68. The molecule has 0 radical (unpaired) electrons. The molecule has 0 aliphatic heterocycles. The van der Waals surface area contributed by atoms with Crippen molar-refractivity contribution in [2.75, 3.05) is 13.4 Å². The van der Waals surface area contributed by atoms with Gasteiger partial charge >= 0.3 is 5.97 Å². The van der Waals surface area contributed by atoms with Gasteiger partial charge in [0.05, 0.1) is 26.0 Å². The number of carboxylic acids is 1. The maximum Gasteiger partial charge on any atom is 0.305 e. The lowest BCUT2D eigenvalue weighted by Crippen LogP contribution is -2.31. The number of amides is 1. The molecule has 1 atom stereocenters. The number of carbonyl (C=O) groups excluding carboxylic acids is 1. The van der Waals surface area contributed by atoms with Gasteiger partial charge in [0.2, 0.25) is 5.91 Å². The molecule has 7 heteroatoms. The van der Waals surface area contributed by atoms with Crippen LogP contribution in [-0.4, -0.2) is 30.3 Å². The van der Waals surface area contributed by atoms with E-state index < -0.39 is 12.0 Å². The Labute approximate surface area is 161 Å². The summed E-state index contributed by atoms with van der Waals surface area (Å²) < 4.78 is 5.25. The van der Waals surface area contributed by atoms with Crippen LogP contribution in [0.1, 0.15) is 23.6 Å². The normalized spacial score (nSPS) is 11.7. The van der Waals surface area contributed by atoms with Gasteiger partial charge in [0.15, 0.2) is 0 Å². The van der Waals surface area contributed by atoms with Crippen LogP contribution in [-0.2, 0) is 16.0 Å². The first-order valence-corrected chi connectivity index (χ1v) is 9.50. The van der Waals surface area contributed by atoms with Gasteiger partial charge in [0, 0.05) is 15.5 Å². The second kappa shape index (κ2) is 9.50. The number of rotatable bonds is 8. The van der Waals surface area contributed by atoms with E-state index in [0.29, 0.717) is 16.3 Å². The fourth-order valence-corrected chi connectivity index (χ4v) is 3.17. The van der Waals surface area contributed by atoms with Crippen LogP contribution in [0.4, 0.5) is 0 Å². The third-order valence-corrected chi connectivity index (χ3v) is 4.80. The zero-order valence-electron chi connectivity index (χ0n) is 14.5. The van der Waals surface area contributed by atoms with E-state index in [-0.39, 0.29) is 18.7 Å². The van der Waals surface area contributed by atoms with Gasteiger partial charge < -0.3 is 15.2 Å². The van der Waals surface area contributed by atoms with Crippen molar-refractivity contribution in [3.8, 4) is 5.75 Å². The monoisotopic (exact) mass is 393 g/mol. The van der Waals surface area contributed by atoms with Crippen LogP contribution in [0.5, 0.6) is 5.75 Å². The molecule has 26 heavy (non-hydrogen) atoms. The van der Waals surface area contributed by atoms with Crippen molar-refractivity contribution < 1.29 is 19.4 Å². The number of benzene rings is 2.